The van der Waals surface area contributed by atoms with Crippen LogP contribution in [0.25, 0.3) is 0 Å². The molecule has 3 N–H and O–H groups in total. The van der Waals surface area contributed by atoms with Crippen molar-refractivity contribution in [3.63, 3.8) is 0 Å². The van der Waals surface area contributed by atoms with Crippen LogP contribution in [0.3, 0.4) is 0 Å². The highest BCUT2D eigenvalue weighted by Gasteiger charge is 2.44. The number of carbonyl (C=O) groups is 2. The molecule has 5 nitrogen and oxygen atoms in total. The summed E-state index contributed by atoms with van der Waals surface area (Å²) in [6.45, 7) is 8.66. The number of aliphatic carboxylic acids is 1. The smallest absolute Gasteiger partial charge is 0.315 e. The summed E-state index contributed by atoms with van der Waals surface area (Å²) < 4.78 is 0. The number of thioether (sulfide) groups is 1. The normalized spacial score (nSPS) is 13.8. The molecule has 0 aromatic heterocycles. The fourth-order valence-corrected chi connectivity index (χ4v) is 2.11. The van der Waals surface area contributed by atoms with E-state index in [2.05, 4.69) is 10.6 Å². The first kappa shape index (κ1) is 18.1. The van der Waals surface area contributed by atoms with E-state index in [0.29, 0.717) is 0 Å². The molecule has 0 aromatic carbocycles. The van der Waals surface area contributed by atoms with E-state index in [1.807, 2.05) is 13.2 Å². The Labute approximate surface area is 119 Å². The Morgan fingerprint density at radius 1 is 1.26 bits per heavy atom. The lowest BCUT2D eigenvalue weighted by Crippen LogP contribution is -2.60. The van der Waals surface area contributed by atoms with Crippen molar-refractivity contribution in [2.24, 2.45) is 5.41 Å². The second-order valence-electron chi connectivity index (χ2n) is 5.71. The summed E-state index contributed by atoms with van der Waals surface area (Å²) >= 11 is 1.67. The molecule has 112 valence electrons. The van der Waals surface area contributed by atoms with E-state index in [4.69, 9.17) is 0 Å². The molecular formula is C13H26N2O3S. The fraction of sp³-hybridized carbons (Fsp3) is 0.846. The molecule has 0 saturated carbocycles. The van der Waals surface area contributed by atoms with Crippen molar-refractivity contribution in [2.75, 3.05) is 12.0 Å². The van der Waals surface area contributed by atoms with Crippen LogP contribution in [0.4, 0.5) is 4.79 Å². The van der Waals surface area contributed by atoms with Gasteiger partial charge in [-0.2, -0.15) is 11.8 Å². The number of nitrogens with one attached hydrogen (secondary N) is 2. The Bertz CT molecular complexity index is 330. The maximum Gasteiger partial charge on any atom is 0.315 e. The molecule has 6 heteroatoms. The number of amides is 2. The molecule has 1 unspecified atom stereocenters. The molecule has 0 aromatic rings. The van der Waals surface area contributed by atoms with Crippen LogP contribution in [0.1, 0.15) is 41.0 Å². The van der Waals surface area contributed by atoms with E-state index >= 15 is 0 Å². The lowest BCUT2D eigenvalue weighted by Gasteiger charge is -2.39. The zero-order valence-electron chi connectivity index (χ0n) is 12.7. The molecule has 0 aliphatic heterocycles. The summed E-state index contributed by atoms with van der Waals surface area (Å²) in [6, 6.07) is -0.223. The van der Waals surface area contributed by atoms with Gasteiger partial charge < -0.3 is 15.7 Å². The van der Waals surface area contributed by atoms with E-state index in [1.165, 1.54) is 0 Å². The standard InChI is InChI=1S/C13H26N2O3S/c1-7-9(8-19-6)14-11(18)15-13(4,5)12(2,3)10(16)17/h9H,7-8H2,1-6H3,(H,16,17)(H2,14,15,18). The molecule has 1 atom stereocenters. The summed E-state index contributed by atoms with van der Waals surface area (Å²) in [6.07, 6.45) is 2.83. The van der Waals surface area contributed by atoms with Crippen molar-refractivity contribution in [2.45, 2.75) is 52.6 Å². The van der Waals surface area contributed by atoms with E-state index in [0.717, 1.165) is 12.2 Å². The molecule has 0 heterocycles. The van der Waals surface area contributed by atoms with E-state index in [1.54, 1.807) is 39.5 Å². The van der Waals surface area contributed by atoms with E-state index in [9.17, 15) is 14.7 Å². The average molecular weight is 290 g/mol. The van der Waals surface area contributed by atoms with E-state index in [-0.39, 0.29) is 12.1 Å². The molecule has 0 aliphatic rings. The quantitative estimate of drug-likeness (QED) is 0.672. The molecule has 2 amide bonds. The van der Waals surface area contributed by atoms with Crippen molar-refractivity contribution >= 4 is 23.8 Å². The van der Waals surface area contributed by atoms with Crippen molar-refractivity contribution in [3.05, 3.63) is 0 Å². The molecule has 0 fully saturated rings. The number of carboxylic acids is 1. The van der Waals surface area contributed by atoms with Crippen LogP contribution >= 0.6 is 11.8 Å². The highest BCUT2D eigenvalue weighted by Crippen LogP contribution is 2.30. The maximum absolute atomic E-state index is 11.9. The molecule has 19 heavy (non-hydrogen) atoms. The molecule has 0 radical (unpaired) electrons. The lowest BCUT2D eigenvalue weighted by atomic mass is 9.74. The SMILES string of the molecule is CCC(CSC)NC(=O)NC(C)(C)C(C)(C)C(=O)O. The molecule has 0 rings (SSSR count). The highest BCUT2D eigenvalue weighted by atomic mass is 32.2. The minimum absolute atomic E-state index is 0.0961. The zero-order chi connectivity index (χ0) is 15.3. The first-order chi connectivity index (χ1) is 8.58. The van der Waals surface area contributed by atoms with Gasteiger partial charge in [-0.3, -0.25) is 4.79 Å². The Morgan fingerprint density at radius 3 is 2.16 bits per heavy atom. The number of urea groups is 1. The summed E-state index contributed by atoms with van der Waals surface area (Å²) in [7, 11) is 0. The Hall–Kier alpha value is -0.910. The first-order valence-electron chi connectivity index (χ1n) is 6.39. The van der Waals surface area contributed by atoms with E-state index < -0.39 is 16.9 Å². The average Bonchev–Trinajstić information content (AvgIpc) is 2.27. The van der Waals surface area contributed by atoms with Gasteiger partial charge in [0.1, 0.15) is 0 Å². The first-order valence-corrected chi connectivity index (χ1v) is 7.78. The number of hydrogen-bond donors (Lipinski definition) is 3. The Balaban J connectivity index is 4.66. The monoisotopic (exact) mass is 290 g/mol. The molecule has 0 aliphatic carbocycles. The van der Waals surface area contributed by atoms with Crippen LogP contribution in [0.2, 0.25) is 0 Å². The number of carbonyl (C=O) groups excluding carboxylic acids is 1. The van der Waals surface area contributed by atoms with Crippen LogP contribution in [-0.4, -0.2) is 40.7 Å². The van der Waals surface area contributed by atoms with Crippen LogP contribution in [0, 0.1) is 5.41 Å². The van der Waals surface area contributed by atoms with Gasteiger partial charge in [-0.1, -0.05) is 6.92 Å². The summed E-state index contributed by atoms with van der Waals surface area (Å²) in [5, 5.41) is 14.9. The van der Waals surface area contributed by atoms with Gasteiger partial charge >= 0.3 is 12.0 Å². The Morgan fingerprint density at radius 2 is 1.79 bits per heavy atom. The minimum Gasteiger partial charge on any atom is -0.481 e. The Kier molecular flexibility index (Phi) is 6.69. The van der Waals surface area contributed by atoms with Crippen LogP contribution in [-0.2, 0) is 4.79 Å². The maximum atomic E-state index is 11.9. The van der Waals surface area contributed by atoms with Gasteiger partial charge in [0.25, 0.3) is 0 Å². The molecular weight excluding hydrogens is 264 g/mol. The fourth-order valence-electron chi connectivity index (χ4n) is 1.39. The third-order valence-electron chi connectivity index (χ3n) is 3.72. The largest absolute Gasteiger partial charge is 0.481 e. The van der Waals surface area contributed by atoms with Crippen molar-refractivity contribution < 1.29 is 14.7 Å². The van der Waals surface area contributed by atoms with Crippen LogP contribution < -0.4 is 10.6 Å². The van der Waals surface area contributed by atoms with Gasteiger partial charge in [0.05, 0.1) is 11.0 Å². The zero-order valence-corrected chi connectivity index (χ0v) is 13.5. The minimum atomic E-state index is -1.05. The van der Waals surface area contributed by atoms with Gasteiger partial charge in [0.15, 0.2) is 0 Å². The number of carboxylic acid groups (broad SMARTS) is 1. The number of rotatable bonds is 7. The van der Waals surface area contributed by atoms with Gasteiger partial charge in [0, 0.05) is 11.8 Å². The summed E-state index contributed by atoms with van der Waals surface area (Å²) in [4.78, 5) is 23.2. The molecule has 0 saturated heterocycles. The number of hydrogen-bond acceptors (Lipinski definition) is 3. The van der Waals surface area contributed by atoms with Gasteiger partial charge in [-0.05, 0) is 40.4 Å². The summed E-state index contributed by atoms with van der Waals surface area (Å²) in [5.41, 5.74) is -1.90. The molecule has 0 spiro atoms. The second kappa shape index (κ2) is 7.03. The predicted molar refractivity (Wildman–Crippen MR) is 79.6 cm³/mol. The van der Waals surface area contributed by atoms with Gasteiger partial charge in [-0.15, -0.1) is 0 Å². The summed E-state index contributed by atoms with van der Waals surface area (Å²) in [5.74, 6) is -0.0962. The van der Waals surface area contributed by atoms with Crippen molar-refractivity contribution in [1.82, 2.24) is 10.6 Å². The predicted octanol–water partition coefficient (Wildman–Crippen LogP) is 2.32. The van der Waals surface area contributed by atoms with Crippen LogP contribution in [0.15, 0.2) is 0 Å². The lowest BCUT2D eigenvalue weighted by molar-refractivity contribution is -0.150. The van der Waals surface area contributed by atoms with Crippen molar-refractivity contribution in [1.29, 1.82) is 0 Å². The molecule has 0 bridgehead atoms. The topological polar surface area (TPSA) is 78.4 Å². The van der Waals surface area contributed by atoms with Crippen LogP contribution in [0.5, 0.6) is 0 Å². The second-order valence-corrected chi connectivity index (χ2v) is 6.62. The third-order valence-corrected chi connectivity index (χ3v) is 4.45. The van der Waals surface area contributed by atoms with Gasteiger partial charge in [-0.25, -0.2) is 4.79 Å². The third kappa shape index (κ3) is 4.93. The van der Waals surface area contributed by atoms with Gasteiger partial charge in [0.2, 0.25) is 0 Å². The highest BCUT2D eigenvalue weighted by molar-refractivity contribution is 7.98. The van der Waals surface area contributed by atoms with Crippen molar-refractivity contribution in [3.8, 4) is 0 Å².